The predicted octanol–water partition coefficient (Wildman–Crippen LogP) is 15.6. The van der Waals surface area contributed by atoms with E-state index in [9.17, 15) is 34.5 Å². The Kier molecular flexibility index (Phi) is 47.4. The average Bonchev–Trinajstić information content (AvgIpc) is 3.39. The average molecular weight is 1060 g/mol. The Hall–Kier alpha value is -3.58. The summed E-state index contributed by atoms with van der Waals surface area (Å²) in [5.74, 6) is -3.15. The van der Waals surface area contributed by atoms with Crippen LogP contribution >= 0.6 is 0 Å². The van der Waals surface area contributed by atoms with Gasteiger partial charge in [0.15, 0.2) is 24.6 Å². The predicted molar refractivity (Wildman–Crippen MR) is 303 cm³/mol. The quantitative estimate of drug-likeness (QED) is 0.0228. The van der Waals surface area contributed by atoms with Gasteiger partial charge in [-0.15, -0.1) is 0 Å². The SMILES string of the molecule is CCCCC/C=C\C/C=C\C/C=C\CCCCCCCCC(=O)OC1C(OCC(COC(=O)CCCCCCC/C=C\CCCCCC)OC(=O)CCCCCCC/C=C\CCCCCC)OC(C(=O)O)C(O)C1O. The van der Waals surface area contributed by atoms with E-state index in [1.807, 2.05) is 0 Å². The van der Waals surface area contributed by atoms with E-state index in [0.717, 1.165) is 128 Å². The molecule has 1 aliphatic heterocycles. The molecular formula is C63H108O12. The third-order valence-electron chi connectivity index (χ3n) is 13.5. The maximum absolute atomic E-state index is 13.1. The first kappa shape index (κ1) is 69.4. The summed E-state index contributed by atoms with van der Waals surface area (Å²) in [7, 11) is 0. The normalized spacial score (nSPS) is 18.5. The summed E-state index contributed by atoms with van der Waals surface area (Å²) >= 11 is 0. The lowest BCUT2D eigenvalue weighted by atomic mass is 9.98. The number of aliphatic hydroxyl groups excluding tert-OH is 2. The molecule has 432 valence electrons. The topological polar surface area (TPSA) is 175 Å². The van der Waals surface area contributed by atoms with Crippen molar-refractivity contribution >= 4 is 23.9 Å². The van der Waals surface area contributed by atoms with Crippen LogP contribution in [0.2, 0.25) is 0 Å². The van der Waals surface area contributed by atoms with Crippen LogP contribution in [0.15, 0.2) is 60.8 Å². The van der Waals surface area contributed by atoms with Crippen molar-refractivity contribution in [2.24, 2.45) is 0 Å². The van der Waals surface area contributed by atoms with E-state index >= 15 is 0 Å². The van der Waals surface area contributed by atoms with Crippen LogP contribution in [0.3, 0.4) is 0 Å². The van der Waals surface area contributed by atoms with Crippen molar-refractivity contribution in [3.05, 3.63) is 60.8 Å². The molecule has 3 N–H and O–H groups in total. The Morgan fingerprint density at radius 2 is 0.800 bits per heavy atom. The van der Waals surface area contributed by atoms with Crippen LogP contribution in [0.25, 0.3) is 0 Å². The number of rotatable bonds is 51. The molecule has 0 aliphatic carbocycles. The largest absolute Gasteiger partial charge is 0.479 e. The number of esters is 3. The zero-order valence-corrected chi connectivity index (χ0v) is 47.5. The van der Waals surface area contributed by atoms with Crippen LogP contribution in [-0.2, 0) is 42.9 Å². The molecule has 1 rings (SSSR count). The molecule has 1 saturated heterocycles. The summed E-state index contributed by atoms with van der Waals surface area (Å²) in [6.45, 7) is 5.92. The molecule has 1 heterocycles. The first-order valence-corrected chi connectivity index (χ1v) is 30.3. The lowest BCUT2D eigenvalue weighted by Gasteiger charge is -2.40. The highest BCUT2D eigenvalue weighted by atomic mass is 16.7. The van der Waals surface area contributed by atoms with Gasteiger partial charge in [0.2, 0.25) is 0 Å². The van der Waals surface area contributed by atoms with Gasteiger partial charge in [-0.05, 0) is 109 Å². The van der Waals surface area contributed by atoms with Gasteiger partial charge in [0.25, 0.3) is 0 Å². The van der Waals surface area contributed by atoms with Crippen LogP contribution in [0.5, 0.6) is 0 Å². The summed E-state index contributed by atoms with van der Waals surface area (Å²) in [4.78, 5) is 51.1. The lowest BCUT2D eigenvalue weighted by Crippen LogP contribution is -2.61. The molecule has 6 unspecified atom stereocenters. The highest BCUT2D eigenvalue weighted by Crippen LogP contribution is 2.26. The van der Waals surface area contributed by atoms with Gasteiger partial charge in [-0.2, -0.15) is 0 Å². The van der Waals surface area contributed by atoms with Crippen molar-refractivity contribution in [3.8, 4) is 0 Å². The number of allylic oxidation sites excluding steroid dienone is 10. The third-order valence-corrected chi connectivity index (χ3v) is 13.5. The van der Waals surface area contributed by atoms with Crippen molar-refractivity contribution in [3.63, 3.8) is 0 Å². The number of aliphatic carboxylic acids is 1. The highest BCUT2D eigenvalue weighted by Gasteiger charge is 2.50. The van der Waals surface area contributed by atoms with Gasteiger partial charge in [0.1, 0.15) is 18.8 Å². The van der Waals surface area contributed by atoms with E-state index in [1.165, 1.54) is 77.0 Å². The van der Waals surface area contributed by atoms with E-state index < -0.39 is 67.3 Å². The fraction of sp³-hybridized carbons (Fsp3) is 0.778. The van der Waals surface area contributed by atoms with E-state index in [2.05, 4.69) is 81.5 Å². The van der Waals surface area contributed by atoms with E-state index in [1.54, 1.807) is 0 Å². The number of carboxylic acids is 1. The van der Waals surface area contributed by atoms with Gasteiger partial charge in [0.05, 0.1) is 6.61 Å². The zero-order valence-electron chi connectivity index (χ0n) is 47.5. The molecule has 75 heavy (non-hydrogen) atoms. The van der Waals surface area contributed by atoms with Crippen LogP contribution in [0.4, 0.5) is 0 Å². The van der Waals surface area contributed by atoms with Crippen molar-refractivity contribution < 1.29 is 58.2 Å². The van der Waals surface area contributed by atoms with Crippen LogP contribution in [0.1, 0.15) is 265 Å². The number of unbranched alkanes of at least 4 members (excludes halogenated alkanes) is 27. The molecule has 0 amide bonds. The highest BCUT2D eigenvalue weighted by molar-refractivity contribution is 5.74. The number of ether oxygens (including phenoxy) is 5. The lowest BCUT2D eigenvalue weighted by molar-refractivity contribution is -0.301. The molecule has 1 aliphatic rings. The van der Waals surface area contributed by atoms with Gasteiger partial charge in [-0.3, -0.25) is 14.4 Å². The number of hydrogen-bond acceptors (Lipinski definition) is 11. The fourth-order valence-corrected chi connectivity index (χ4v) is 8.83. The van der Waals surface area contributed by atoms with Crippen LogP contribution in [-0.4, -0.2) is 89.2 Å². The van der Waals surface area contributed by atoms with E-state index in [4.69, 9.17) is 23.7 Å². The number of carbonyl (C=O) groups is 4. The first-order valence-electron chi connectivity index (χ1n) is 30.3. The summed E-state index contributed by atoms with van der Waals surface area (Å²) in [5, 5.41) is 31.5. The van der Waals surface area contributed by atoms with Gasteiger partial charge in [-0.1, -0.05) is 197 Å². The molecule has 12 nitrogen and oxygen atoms in total. The molecule has 1 fully saturated rings. The monoisotopic (exact) mass is 1060 g/mol. The minimum absolute atomic E-state index is 0.0440. The van der Waals surface area contributed by atoms with Crippen molar-refractivity contribution in [1.82, 2.24) is 0 Å². The second kappa shape index (κ2) is 51.2. The summed E-state index contributed by atoms with van der Waals surface area (Å²) in [6.07, 6.45) is 50.4. The van der Waals surface area contributed by atoms with Gasteiger partial charge < -0.3 is 39.0 Å². The molecule has 0 radical (unpaired) electrons. The summed E-state index contributed by atoms with van der Waals surface area (Å²) in [6, 6.07) is 0. The van der Waals surface area contributed by atoms with Crippen molar-refractivity contribution in [2.45, 2.75) is 302 Å². The van der Waals surface area contributed by atoms with Crippen LogP contribution < -0.4 is 0 Å². The minimum atomic E-state index is -1.91. The second-order valence-electron chi connectivity index (χ2n) is 20.6. The molecule has 0 aromatic heterocycles. The molecule has 0 aromatic rings. The number of aliphatic hydroxyl groups is 2. The zero-order chi connectivity index (χ0) is 54.7. The third kappa shape index (κ3) is 41.2. The maximum atomic E-state index is 13.1. The van der Waals surface area contributed by atoms with Crippen molar-refractivity contribution in [2.75, 3.05) is 13.2 Å². The maximum Gasteiger partial charge on any atom is 0.335 e. The van der Waals surface area contributed by atoms with E-state index in [-0.39, 0.29) is 25.9 Å². The van der Waals surface area contributed by atoms with Crippen LogP contribution in [0, 0.1) is 0 Å². The number of carboxylic acid groups (broad SMARTS) is 1. The fourth-order valence-electron chi connectivity index (χ4n) is 8.83. The number of carbonyl (C=O) groups excluding carboxylic acids is 3. The molecule has 6 atom stereocenters. The molecule has 0 aromatic carbocycles. The van der Waals surface area contributed by atoms with E-state index in [0.29, 0.717) is 19.3 Å². The Balaban J connectivity index is 2.68. The minimum Gasteiger partial charge on any atom is -0.479 e. The van der Waals surface area contributed by atoms with Gasteiger partial charge in [0, 0.05) is 19.3 Å². The Morgan fingerprint density at radius 3 is 1.25 bits per heavy atom. The Morgan fingerprint density at radius 1 is 0.440 bits per heavy atom. The van der Waals surface area contributed by atoms with Crippen molar-refractivity contribution in [1.29, 1.82) is 0 Å². The second-order valence-corrected chi connectivity index (χ2v) is 20.6. The molecule has 0 spiro atoms. The first-order chi connectivity index (χ1) is 36.6. The summed E-state index contributed by atoms with van der Waals surface area (Å²) in [5.41, 5.74) is 0. The summed E-state index contributed by atoms with van der Waals surface area (Å²) < 4.78 is 28.4. The molecule has 0 saturated carbocycles. The Labute approximate surface area is 456 Å². The Bertz CT molecular complexity index is 1540. The molecular weight excluding hydrogens is 949 g/mol. The number of hydrogen-bond donors (Lipinski definition) is 3. The molecule has 0 bridgehead atoms. The molecule has 12 heteroatoms. The van der Waals surface area contributed by atoms with Gasteiger partial charge >= 0.3 is 23.9 Å². The van der Waals surface area contributed by atoms with Gasteiger partial charge in [-0.25, -0.2) is 4.79 Å². The smallest absolute Gasteiger partial charge is 0.335 e. The standard InChI is InChI=1S/C63H108O12/c1-4-7-10-13-16-19-22-25-26-27-28-29-30-33-36-39-42-45-48-51-57(66)74-61-59(68)58(67)60(62(69)70)75-63(61)72-53-54(73-56(65)50-47-44-41-38-35-32-24-21-18-15-12-9-6-3)52-71-55(64)49-46-43-40-37-34-31-23-20-17-14-11-8-5-2/h16,19-21,23-26,28-29,54,58-61,63,67-68H,4-15,17-18,22,27,30-53H2,1-3H3,(H,69,70)/b19-16-,23-20-,24-21-,26-25-,29-28-.